The van der Waals surface area contributed by atoms with E-state index in [9.17, 15) is 0 Å². The Morgan fingerprint density at radius 1 is 0.968 bits per heavy atom. The summed E-state index contributed by atoms with van der Waals surface area (Å²) in [6.07, 6.45) is 7.59. The monoisotopic (exact) mass is 416 g/mol. The van der Waals surface area contributed by atoms with Crippen LogP contribution in [0.3, 0.4) is 0 Å². The third-order valence-electron chi connectivity index (χ3n) is 5.45. The number of nitrogens with zero attached hydrogens (tertiary/aromatic N) is 4. The van der Waals surface area contributed by atoms with Gasteiger partial charge in [0, 0.05) is 61.1 Å². The highest BCUT2D eigenvalue weighted by Crippen LogP contribution is 2.19. The van der Waals surface area contributed by atoms with Crippen LogP contribution in [0, 0.1) is 11.8 Å². The summed E-state index contributed by atoms with van der Waals surface area (Å²) in [4.78, 5) is 10.8. The van der Waals surface area contributed by atoms with Crippen molar-refractivity contribution in [2.24, 2.45) is 0 Å². The molecule has 7 heteroatoms. The van der Waals surface area contributed by atoms with Crippen molar-refractivity contribution >= 4 is 0 Å². The first-order valence-corrected chi connectivity index (χ1v) is 10.5. The molecule has 2 aromatic heterocycles. The van der Waals surface area contributed by atoms with E-state index in [0.29, 0.717) is 25.7 Å². The Morgan fingerprint density at radius 2 is 1.71 bits per heavy atom. The zero-order valence-electron chi connectivity index (χ0n) is 17.2. The van der Waals surface area contributed by atoms with E-state index in [1.165, 1.54) is 0 Å². The van der Waals surface area contributed by atoms with Crippen LogP contribution in [0.4, 0.5) is 0 Å². The lowest BCUT2D eigenvalue weighted by Gasteiger charge is -2.24. The molecule has 0 spiro atoms. The van der Waals surface area contributed by atoms with Crippen molar-refractivity contribution in [2.45, 2.75) is 12.2 Å². The molecule has 2 aliphatic heterocycles. The van der Waals surface area contributed by atoms with Gasteiger partial charge in [0.1, 0.15) is 6.61 Å². The molecule has 5 rings (SSSR count). The Labute approximate surface area is 181 Å². The molecule has 0 saturated carbocycles. The Kier molecular flexibility index (Phi) is 5.94. The normalized spacial score (nSPS) is 20.6. The first-order valence-electron chi connectivity index (χ1n) is 10.5. The van der Waals surface area contributed by atoms with E-state index < -0.39 is 0 Å². The molecular formula is C24H24N4O3. The maximum atomic E-state index is 5.80. The molecule has 0 radical (unpaired) electrons. The van der Waals surface area contributed by atoms with Gasteiger partial charge in [0.25, 0.3) is 0 Å². The lowest BCUT2D eigenvalue weighted by Crippen LogP contribution is -2.36. The fourth-order valence-electron chi connectivity index (χ4n) is 3.81. The molecule has 4 heterocycles. The van der Waals surface area contributed by atoms with Crippen LogP contribution in [0.2, 0.25) is 0 Å². The first-order chi connectivity index (χ1) is 15.3. The van der Waals surface area contributed by atoms with Crippen molar-refractivity contribution in [1.29, 1.82) is 0 Å². The second kappa shape index (κ2) is 9.31. The number of fused-ring (bicyclic) bond motifs is 1. The highest BCUT2D eigenvalue weighted by atomic mass is 16.6. The largest absolute Gasteiger partial charge is 0.476 e. The van der Waals surface area contributed by atoms with E-state index in [-0.39, 0.29) is 12.2 Å². The summed E-state index contributed by atoms with van der Waals surface area (Å²) in [5, 5.41) is 0. The maximum absolute atomic E-state index is 5.80. The van der Waals surface area contributed by atoms with E-state index in [2.05, 4.69) is 26.7 Å². The highest BCUT2D eigenvalue weighted by Gasteiger charge is 2.36. The molecule has 2 saturated heterocycles. The fourth-order valence-corrected chi connectivity index (χ4v) is 3.81. The average Bonchev–Trinajstić information content (AvgIpc) is 3.49. The molecule has 2 atom stereocenters. The van der Waals surface area contributed by atoms with Crippen molar-refractivity contribution in [3.8, 4) is 23.4 Å². The van der Waals surface area contributed by atoms with E-state index in [4.69, 9.17) is 14.2 Å². The number of pyridine rings is 1. The minimum Gasteiger partial charge on any atom is -0.476 e. The second-order valence-electron chi connectivity index (χ2n) is 7.58. The predicted octanol–water partition coefficient (Wildman–Crippen LogP) is 2.15. The van der Waals surface area contributed by atoms with Gasteiger partial charge in [-0.3, -0.25) is 4.90 Å². The quantitative estimate of drug-likeness (QED) is 0.594. The van der Waals surface area contributed by atoms with E-state index in [1.807, 2.05) is 47.2 Å². The van der Waals surface area contributed by atoms with Crippen LogP contribution in [-0.2, 0) is 9.47 Å². The van der Waals surface area contributed by atoms with Gasteiger partial charge in [-0.25, -0.2) is 9.97 Å². The molecule has 31 heavy (non-hydrogen) atoms. The highest BCUT2D eigenvalue weighted by molar-refractivity contribution is 5.45. The van der Waals surface area contributed by atoms with Gasteiger partial charge in [0.05, 0.1) is 31.7 Å². The van der Waals surface area contributed by atoms with Crippen molar-refractivity contribution in [2.75, 3.05) is 39.5 Å². The summed E-state index contributed by atoms with van der Waals surface area (Å²) < 4.78 is 19.3. The van der Waals surface area contributed by atoms with Crippen LogP contribution in [0.15, 0.2) is 61.3 Å². The van der Waals surface area contributed by atoms with E-state index in [0.717, 1.165) is 36.4 Å². The van der Waals surface area contributed by atoms with E-state index >= 15 is 0 Å². The van der Waals surface area contributed by atoms with Crippen LogP contribution in [0.1, 0.15) is 11.1 Å². The Bertz CT molecular complexity index is 1030. The smallest absolute Gasteiger partial charge is 0.213 e. The first kappa shape index (κ1) is 19.8. The van der Waals surface area contributed by atoms with Crippen molar-refractivity contribution in [3.05, 3.63) is 72.4 Å². The zero-order chi connectivity index (χ0) is 20.9. The molecule has 158 valence electrons. The van der Waals surface area contributed by atoms with Gasteiger partial charge in [-0.1, -0.05) is 11.8 Å². The van der Waals surface area contributed by atoms with Gasteiger partial charge in [-0.15, -0.1) is 0 Å². The third-order valence-corrected chi connectivity index (χ3v) is 5.45. The molecule has 3 aromatic rings. The number of imidazole rings is 1. The lowest BCUT2D eigenvalue weighted by atomic mass is 10.2. The minimum absolute atomic E-state index is 0.201. The lowest BCUT2D eigenvalue weighted by molar-refractivity contribution is -0.116. The standard InChI is InChI=1S/C24H24N4O3/c1(19-3-6-21(7-4-19)28-10-9-25-18-28)2-20-5-8-24(26-15-20)31-12-11-27-16-22-23(17-27)30-14-13-29-22/h3-10,15,18,22-23H,11-14,16-17H2/t22-,23+. The van der Waals surface area contributed by atoms with Gasteiger partial charge in [0.2, 0.25) is 5.88 Å². The van der Waals surface area contributed by atoms with Crippen LogP contribution in [-0.4, -0.2) is 71.1 Å². The maximum Gasteiger partial charge on any atom is 0.213 e. The second-order valence-corrected chi connectivity index (χ2v) is 7.58. The summed E-state index contributed by atoms with van der Waals surface area (Å²) in [5.41, 5.74) is 2.85. The summed E-state index contributed by atoms with van der Waals surface area (Å²) in [6, 6.07) is 11.8. The van der Waals surface area contributed by atoms with Crippen molar-refractivity contribution in [3.63, 3.8) is 0 Å². The molecule has 0 amide bonds. The Morgan fingerprint density at radius 3 is 2.39 bits per heavy atom. The van der Waals surface area contributed by atoms with Gasteiger partial charge in [-0.2, -0.15) is 0 Å². The Hall–Kier alpha value is -3.18. The van der Waals surface area contributed by atoms with Crippen LogP contribution >= 0.6 is 0 Å². The molecule has 0 bridgehead atoms. The SMILES string of the molecule is C(#Cc1ccc(OCCN2C[C@@H]3OCCO[C@@H]3C2)nc1)c1ccc(-n2ccnc2)cc1. The molecule has 0 aliphatic carbocycles. The molecule has 7 nitrogen and oxygen atoms in total. The number of hydrogen-bond donors (Lipinski definition) is 0. The summed E-state index contributed by atoms with van der Waals surface area (Å²) >= 11 is 0. The van der Waals surface area contributed by atoms with Gasteiger partial charge in [-0.05, 0) is 30.3 Å². The Balaban J connectivity index is 1.11. The van der Waals surface area contributed by atoms with Crippen molar-refractivity contribution < 1.29 is 14.2 Å². The number of aromatic nitrogens is 3. The zero-order valence-corrected chi connectivity index (χ0v) is 17.2. The van der Waals surface area contributed by atoms with Gasteiger partial charge >= 0.3 is 0 Å². The summed E-state index contributed by atoms with van der Waals surface area (Å²) in [6.45, 7) is 4.61. The topological polar surface area (TPSA) is 61.6 Å². The van der Waals surface area contributed by atoms with Crippen LogP contribution in [0.5, 0.6) is 5.88 Å². The number of rotatable bonds is 5. The van der Waals surface area contributed by atoms with Crippen LogP contribution in [0.25, 0.3) is 5.69 Å². The van der Waals surface area contributed by atoms with Crippen LogP contribution < -0.4 is 4.74 Å². The molecule has 0 unspecified atom stereocenters. The molecule has 2 fully saturated rings. The van der Waals surface area contributed by atoms with Crippen molar-refractivity contribution in [1.82, 2.24) is 19.4 Å². The minimum atomic E-state index is 0.201. The molecule has 0 N–H and O–H groups in total. The number of ether oxygens (including phenoxy) is 3. The summed E-state index contributed by atoms with van der Waals surface area (Å²) in [7, 11) is 0. The fraction of sp³-hybridized carbons (Fsp3) is 0.333. The molecule has 2 aliphatic rings. The molecule has 1 aromatic carbocycles. The number of benzene rings is 1. The van der Waals surface area contributed by atoms with Gasteiger partial charge < -0.3 is 18.8 Å². The summed E-state index contributed by atoms with van der Waals surface area (Å²) in [5.74, 6) is 6.93. The number of likely N-dealkylation sites (tertiary alicyclic amines) is 1. The third kappa shape index (κ3) is 4.94. The van der Waals surface area contributed by atoms with Gasteiger partial charge in [0.15, 0.2) is 0 Å². The average molecular weight is 416 g/mol. The number of hydrogen-bond acceptors (Lipinski definition) is 6. The van der Waals surface area contributed by atoms with E-state index in [1.54, 1.807) is 18.7 Å². The molecular weight excluding hydrogens is 392 g/mol. The predicted molar refractivity (Wildman–Crippen MR) is 115 cm³/mol.